The third-order valence-corrected chi connectivity index (χ3v) is 3.12. The Kier molecular flexibility index (Phi) is 5.09. The van der Waals surface area contributed by atoms with Crippen LogP contribution in [0.4, 0.5) is 0 Å². The smallest absolute Gasteiger partial charge is 0.0173 e. The van der Waals surface area contributed by atoms with E-state index in [1.165, 1.54) is 24.8 Å². The zero-order chi connectivity index (χ0) is 12.3. The summed E-state index contributed by atoms with van der Waals surface area (Å²) in [6.07, 6.45) is 3.92. The summed E-state index contributed by atoms with van der Waals surface area (Å²) in [5, 5.41) is 0. The number of allylic oxidation sites excluding steroid dienone is 1. The summed E-state index contributed by atoms with van der Waals surface area (Å²) in [5.74, 6) is 0.660. The van der Waals surface area contributed by atoms with E-state index in [4.69, 9.17) is 0 Å². The monoisotopic (exact) mass is 210 g/mol. The zero-order valence-corrected chi connectivity index (χ0v) is 11.9. The highest BCUT2D eigenvalue weighted by Gasteiger charge is 2.20. The molecule has 0 N–H and O–H groups in total. The van der Waals surface area contributed by atoms with E-state index in [0.717, 1.165) is 0 Å². The lowest BCUT2D eigenvalue weighted by molar-refractivity contribution is 0.339. The second kappa shape index (κ2) is 5.18. The van der Waals surface area contributed by atoms with Crippen molar-refractivity contribution >= 4 is 0 Å². The first-order valence-corrected chi connectivity index (χ1v) is 6.23. The summed E-state index contributed by atoms with van der Waals surface area (Å²) in [5.41, 5.74) is 2.14. The molecule has 0 heteroatoms. The summed E-state index contributed by atoms with van der Waals surface area (Å²) < 4.78 is 0. The molecular weight excluding hydrogens is 180 g/mol. The van der Waals surface area contributed by atoms with Gasteiger partial charge in [-0.15, -0.1) is 0 Å². The fraction of sp³-hybridized carbons (Fsp3) is 0.867. The standard InChI is InChI=1S/C15H30/c1-12(13(2)15(6,7)8)10-9-11-14(3,4)5/h12H,2,9-11H2,1,3-8H3. The molecule has 0 fully saturated rings. The van der Waals surface area contributed by atoms with Crippen molar-refractivity contribution in [3.8, 4) is 0 Å². The number of hydrogen-bond acceptors (Lipinski definition) is 0. The van der Waals surface area contributed by atoms with Crippen molar-refractivity contribution in [2.24, 2.45) is 16.7 Å². The van der Waals surface area contributed by atoms with Crippen LogP contribution in [0.2, 0.25) is 0 Å². The van der Waals surface area contributed by atoms with Crippen LogP contribution in [-0.4, -0.2) is 0 Å². The summed E-state index contributed by atoms with van der Waals surface area (Å²) in [6, 6.07) is 0. The lowest BCUT2D eigenvalue weighted by Gasteiger charge is -2.28. The van der Waals surface area contributed by atoms with Crippen LogP contribution in [0.3, 0.4) is 0 Å². The van der Waals surface area contributed by atoms with Gasteiger partial charge in [0.05, 0.1) is 0 Å². The highest BCUT2D eigenvalue weighted by Crippen LogP contribution is 2.33. The third kappa shape index (κ3) is 6.76. The molecule has 0 saturated carbocycles. The van der Waals surface area contributed by atoms with Gasteiger partial charge in [-0.05, 0) is 29.6 Å². The molecule has 1 atom stereocenters. The van der Waals surface area contributed by atoms with E-state index in [1.54, 1.807) is 0 Å². The van der Waals surface area contributed by atoms with Crippen LogP contribution in [0.15, 0.2) is 12.2 Å². The van der Waals surface area contributed by atoms with Gasteiger partial charge < -0.3 is 0 Å². The number of hydrogen-bond donors (Lipinski definition) is 0. The van der Waals surface area contributed by atoms with Crippen LogP contribution in [0.25, 0.3) is 0 Å². The van der Waals surface area contributed by atoms with Crippen LogP contribution in [0.5, 0.6) is 0 Å². The zero-order valence-electron chi connectivity index (χ0n) is 11.9. The van der Waals surface area contributed by atoms with Crippen LogP contribution in [0, 0.1) is 16.7 Å². The summed E-state index contributed by atoms with van der Waals surface area (Å²) in [7, 11) is 0. The van der Waals surface area contributed by atoms with Crippen molar-refractivity contribution in [1.29, 1.82) is 0 Å². The molecule has 90 valence electrons. The lowest BCUT2D eigenvalue weighted by atomic mass is 9.78. The van der Waals surface area contributed by atoms with E-state index in [2.05, 4.69) is 55.0 Å². The Morgan fingerprint density at radius 1 is 1.07 bits per heavy atom. The van der Waals surface area contributed by atoms with Crippen molar-refractivity contribution in [3.63, 3.8) is 0 Å². The van der Waals surface area contributed by atoms with Crippen molar-refractivity contribution in [3.05, 3.63) is 12.2 Å². The predicted molar refractivity (Wildman–Crippen MR) is 71.1 cm³/mol. The molecule has 0 aliphatic rings. The Hall–Kier alpha value is -0.260. The molecule has 0 rings (SSSR count). The normalized spacial score (nSPS) is 15.1. The maximum atomic E-state index is 4.24. The van der Waals surface area contributed by atoms with Gasteiger partial charge in [-0.3, -0.25) is 0 Å². The van der Waals surface area contributed by atoms with Crippen molar-refractivity contribution in [2.45, 2.75) is 67.7 Å². The van der Waals surface area contributed by atoms with Crippen molar-refractivity contribution < 1.29 is 0 Å². The fourth-order valence-corrected chi connectivity index (χ4v) is 1.85. The van der Waals surface area contributed by atoms with Gasteiger partial charge in [0.1, 0.15) is 0 Å². The van der Waals surface area contributed by atoms with Crippen LogP contribution in [-0.2, 0) is 0 Å². The summed E-state index contributed by atoms with van der Waals surface area (Å²) in [6.45, 7) is 20.3. The van der Waals surface area contributed by atoms with Gasteiger partial charge in [-0.25, -0.2) is 0 Å². The minimum atomic E-state index is 0.265. The molecule has 0 aromatic rings. The van der Waals surface area contributed by atoms with Crippen LogP contribution in [0.1, 0.15) is 67.7 Å². The second-order valence-electron chi connectivity index (χ2n) is 7.13. The van der Waals surface area contributed by atoms with Crippen molar-refractivity contribution in [1.82, 2.24) is 0 Å². The molecule has 0 heterocycles. The first kappa shape index (κ1) is 14.7. The largest absolute Gasteiger partial charge is 0.0991 e. The maximum absolute atomic E-state index is 4.24. The van der Waals surface area contributed by atoms with Gasteiger partial charge in [-0.2, -0.15) is 0 Å². The molecule has 0 amide bonds. The van der Waals surface area contributed by atoms with E-state index in [9.17, 15) is 0 Å². The number of rotatable bonds is 4. The topological polar surface area (TPSA) is 0 Å². The van der Waals surface area contributed by atoms with Crippen LogP contribution < -0.4 is 0 Å². The molecule has 0 aliphatic heterocycles. The molecular formula is C15H30. The Balaban J connectivity index is 3.96. The first-order chi connectivity index (χ1) is 6.54. The Morgan fingerprint density at radius 2 is 1.53 bits per heavy atom. The van der Waals surface area contributed by atoms with Crippen LogP contribution >= 0.6 is 0 Å². The third-order valence-electron chi connectivity index (χ3n) is 3.12. The SMILES string of the molecule is C=C(C(C)CCCC(C)(C)C)C(C)(C)C. The van der Waals surface area contributed by atoms with Gasteiger partial charge >= 0.3 is 0 Å². The Bertz CT molecular complexity index is 197. The van der Waals surface area contributed by atoms with E-state index in [1.807, 2.05) is 0 Å². The average Bonchev–Trinajstić information content (AvgIpc) is 1.98. The molecule has 1 unspecified atom stereocenters. The lowest BCUT2D eigenvalue weighted by Crippen LogP contribution is -2.15. The predicted octanol–water partition coefficient (Wildman–Crippen LogP) is 5.44. The Morgan fingerprint density at radius 3 is 1.87 bits per heavy atom. The molecule has 15 heavy (non-hydrogen) atoms. The summed E-state index contributed by atoms with van der Waals surface area (Å²) in [4.78, 5) is 0. The second-order valence-corrected chi connectivity index (χ2v) is 7.13. The van der Waals surface area contributed by atoms with Gasteiger partial charge in [0.25, 0.3) is 0 Å². The highest BCUT2D eigenvalue weighted by molar-refractivity contribution is 5.08. The molecule has 0 saturated heterocycles. The van der Waals surface area contributed by atoms with E-state index >= 15 is 0 Å². The minimum Gasteiger partial charge on any atom is -0.0991 e. The summed E-state index contributed by atoms with van der Waals surface area (Å²) >= 11 is 0. The van der Waals surface area contributed by atoms with Crippen molar-refractivity contribution in [2.75, 3.05) is 0 Å². The first-order valence-electron chi connectivity index (χ1n) is 6.23. The molecule has 0 bridgehead atoms. The van der Waals surface area contributed by atoms with Gasteiger partial charge in [0, 0.05) is 0 Å². The molecule has 0 aromatic heterocycles. The molecule has 0 spiro atoms. The molecule has 0 radical (unpaired) electrons. The molecule has 0 aliphatic carbocycles. The van der Waals surface area contributed by atoms with E-state index in [0.29, 0.717) is 11.3 Å². The fourth-order valence-electron chi connectivity index (χ4n) is 1.85. The Labute approximate surface area is 97.2 Å². The maximum Gasteiger partial charge on any atom is -0.0173 e. The van der Waals surface area contributed by atoms with E-state index in [-0.39, 0.29) is 5.41 Å². The highest BCUT2D eigenvalue weighted by atomic mass is 14.3. The quantitative estimate of drug-likeness (QED) is 0.542. The molecule has 0 aromatic carbocycles. The molecule has 0 nitrogen and oxygen atoms in total. The average molecular weight is 210 g/mol. The van der Waals surface area contributed by atoms with Gasteiger partial charge in [0.2, 0.25) is 0 Å². The van der Waals surface area contributed by atoms with Gasteiger partial charge in [-0.1, -0.05) is 67.0 Å². The van der Waals surface area contributed by atoms with Gasteiger partial charge in [0.15, 0.2) is 0 Å². The minimum absolute atomic E-state index is 0.265. The van der Waals surface area contributed by atoms with E-state index < -0.39 is 0 Å².